The van der Waals surface area contributed by atoms with E-state index in [1.165, 1.54) is 17.0 Å². The van der Waals surface area contributed by atoms with Gasteiger partial charge in [-0.05, 0) is 44.4 Å². The lowest BCUT2D eigenvalue weighted by Gasteiger charge is -2.08. The van der Waals surface area contributed by atoms with Crippen molar-refractivity contribution in [3.63, 3.8) is 0 Å². The Hall–Kier alpha value is -2.41. The summed E-state index contributed by atoms with van der Waals surface area (Å²) in [5.74, 6) is -0.150. The number of hydrogen-bond acceptors (Lipinski definition) is 4. The van der Waals surface area contributed by atoms with Crippen molar-refractivity contribution >= 4 is 29.0 Å². The van der Waals surface area contributed by atoms with E-state index in [-0.39, 0.29) is 11.9 Å². The monoisotopic (exact) mass is 358 g/mol. The van der Waals surface area contributed by atoms with Crippen molar-refractivity contribution in [1.82, 2.24) is 15.6 Å². The van der Waals surface area contributed by atoms with Gasteiger partial charge < -0.3 is 16.0 Å². The van der Waals surface area contributed by atoms with E-state index < -0.39 is 0 Å². The van der Waals surface area contributed by atoms with Crippen LogP contribution in [0.3, 0.4) is 0 Å². The SMILES string of the molecule is CCNC(=O)c1cccc(NC(=O)NCCc2nc3c(s2)CCC3)c1. The summed E-state index contributed by atoms with van der Waals surface area (Å²) in [6.07, 6.45) is 4.18. The van der Waals surface area contributed by atoms with Gasteiger partial charge in [-0.25, -0.2) is 9.78 Å². The number of carbonyl (C=O) groups is 2. The van der Waals surface area contributed by atoms with Gasteiger partial charge >= 0.3 is 6.03 Å². The highest BCUT2D eigenvalue weighted by molar-refractivity contribution is 7.11. The van der Waals surface area contributed by atoms with Crippen LogP contribution in [0.15, 0.2) is 24.3 Å². The van der Waals surface area contributed by atoms with Crippen molar-refractivity contribution in [2.24, 2.45) is 0 Å². The first-order valence-corrected chi connectivity index (χ1v) is 9.38. The molecule has 6 nitrogen and oxygen atoms in total. The molecular weight excluding hydrogens is 336 g/mol. The van der Waals surface area contributed by atoms with Gasteiger partial charge in [0.05, 0.1) is 10.7 Å². The van der Waals surface area contributed by atoms with Gasteiger partial charge in [0.15, 0.2) is 0 Å². The van der Waals surface area contributed by atoms with E-state index in [4.69, 9.17) is 0 Å². The lowest BCUT2D eigenvalue weighted by atomic mass is 10.2. The smallest absolute Gasteiger partial charge is 0.319 e. The van der Waals surface area contributed by atoms with Crippen molar-refractivity contribution in [3.05, 3.63) is 45.4 Å². The van der Waals surface area contributed by atoms with Crippen LogP contribution >= 0.6 is 11.3 Å². The van der Waals surface area contributed by atoms with Crippen LogP contribution in [-0.4, -0.2) is 30.0 Å². The summed E-state index contributed by atoms with van der Waals surface area (Å²) < 4.78 is 0. The van der Waals surface area contributed by atoms with Gasteiger partial charge in [0.25, 0.3) is 5.91 Å². The Kier molecular flexibility index (Phi) is 5.65. The third-order valence-electron chi connectivity index (χ3n) is 3.98. The quantitative estimate of drug-likeness (QED) is 0.742. The van der Waals surface area contributed by atoms with Crippen LogP contribution in [-0.2, 0) is 19.3 Å². The normalized spacial score (nSPS) is 12.5. The molecule has 0 aliphatic heterocycles. The topological polar surface area (TPSA) is 83.1 Å². The van der Waals surface area contributed by atoms with Gasteiger partial charge in [0, 0.05) is 35.6 Å². The Labute approximate surface area is 151 Å². The molecule has 1 aliphatic carbocycles. The lowest BCUT2D eigenvalue weighted by molar-refractivity contribution is 0.0956. The van der Waals surface area contributed by atoms with Crippen molar-refractivity contribution in [2.45, 2.75) is 32.6 Å². The molecule has 1 aromatic heterocycles. The van der Waals surface area contributed by atoms with Crippen molar-refractivity contribution in [1.29, 1.82) is 0 Å². The zero-order chi connectivity index (χ0) is 17.6. The van der Waals surface area contributed by atoms with E-state index in [1.54, 1.807) is 35.6 Å². The first-order chi connectivity index (χ1) is 12.2. The average molecular weight is 358 g/mol. The number of fused-ring (bicyclic) bond motifs is 1. The van der Waals surface area contributed by atoms with Crippen molar-refractivity contribution < 1.29 is 9.59 Å². The summed E-state index contributed by atoms with van der Waals surface area (Å²) in [6.45, 7) is 2.97. The fraction of sp³-hybridized carbons (Fsp3) is 0.389. The molecule has 1 aromatic carbocycles. The van der Waals surface area contributed by atoms with Crippen molar-refractivity contribution in [2.75, 3.05) is 18.4 Å². The molecule has 3 amide bonds. The molecule has 1 aliphatic rings. The van der Waals surface area contributed by atoms with Crippen LogP contribution < -0.4 is 16.0 Å². The number of rotatable bonds is 6. The standard InChI is InChI=1S/C18H22N4O2S/c1-2-19-17(23)12-5-3-6-13(11-12)21-18(24)20-10-9-16-22-14-7-4-8-15(14)25-16/h3,5-6,11H,2,4,7-10H2,1H3,(H,19,23)(H2,20,21,24). The van der Waals surface area contributed by atoms with E-state index >= 15 is 0 Å². The fourth-order valence-electron chi connectivity index (χ4n) is 2.81. The maximum absolute atomic E-state index is 12.0. The number of carbonyl (C=O) groups excluding carboxylic acids is 2. The van der Waals surface area contributed by atoms with Crippen LogP contribution in [0.1, 0.15) is 39.3 Å². The minimum absolute atomic E-state index is 0.150. The van der Waals surface area contributed by atoms with E-state index in [0.29, 0.717) is 24.3 Å². The number of thiazole rings is 1. The summed E-state index contributed by atoms with van der Waals surface area (Å²) in [6, 6.07) is 6.61. The summed E-state index contributed by atoms with van der Waals surface area (Å²) in [4.78, 5) is 29.9. The first kappa shape index (κ1) is 17.4. The molecule has 0 saturated heterocycles. The van der Waals surface area contributed by atoms with Crippen LogP contribution in [0.4, 0.5) is 10.5 Å². The lowest BCUT2D eigenvalue weighted by Crippen LogP contribution is -2.30. The number of nitrogens with one attached hydrogen (secondary N) is 3. The molecule has 0 spiro atoms. The zero-order valence-electron chi connectivity index (χ0n) is 14.2. The molecule has 25 heavy (non-hydrogen) atoms. The molecule has 132 valence electrons. The van der Waals surface area contributed by atoms with Crippen molar-refractivity contribution in [3.8, 4) is 0 Å². The number of amides is 3. The number of nitrogens with zero attached hydrogens (tertiary/aromatic N) is 1. The summed E-state index contributed by atoms with van der Waals surface area (Å²) in [7, 11) is 0. The second-order valence-corrected chi connectivity index (χ2v) is 7.07. The van der Waals surface area contributed by atoms with E-state index in [9.17, 15) is 9.59 Å². The van der Waals surface area contributed by atoms with Gasteiger partial charge in [0.2, 0.25) is 0 Å². The molecule has 7 heteroatoms. The Morgan fingerprint density at radius 3 is 2.92 bits per heavy atom. The Morgan fingerprint density at radius 1 is 1.24 bits per heavy atom. The number of aromatic nitrogens is 1. The molecule has 3 N–H and O–H groups in total. The molecule has 0 fully saturated rings. The minimum atomic E-state index is -0.280. The van der Waals surface area contributed by atoms with Crippen LogP contribution in [0.5, 0.6) is 0 Å². The summed E-state index contributed by atoms with van der Waals surface area (Å²) in [5, 5.41) is 9.42. The predicted molar refractivity (Wildman–Crippen MR) is 99.3 cm³/mol. The van der Waals surface area contributed by atoms with E-state index in [2.05, 4.69) is 20.9 Å². The molecule has 0 saturated carbocycles. The predicted octanol–water partition coefficient (Wildman–Crippen LogP) is 2.75. The highest BCUT2D eigenvalue weighted by Gasteiger charge is 2.16. The van der Waals surface area contributed by atoms with Gasteiger partial charge in [-0.3, -0.25) is 4.79 Å². The molecule has 2 aromatic rings. The van der Waals surface area contributed by atoms with Crippen LogP contribution in [0.2, 0.25) is 0 Å². The molecule has 0 unspecified atom stereocenters. The van der Waals surface area contributed by atoms with Crippen LogP contribution in [0, 0.1) is 0 Å². The van der Waals surface area contributed by atoms with E-state index in [0.717, 1.165) is 24.3 Å². The molecule has 0 atom stereocenters. The molecule has 0 bridgehead atoms. The summed E-state index contributed by atoms with van der Waals surface area (Å²) in [5.41, 5.74) is 2.36. The summed E-state index contributed by atoms with van der Waals surface area (Å²) >= 11 is 1.76. The number of aryl methyl sites for hydroxylation is 2. The zero-order valence-corrected chi connectivity index (χ0v) is 15.0. The average Bonchev–Trinajstić information content (AvgIpc) is 3.17. The molecule has 3 rings (SSSR count). The number of urea groups is 1. The second-order valence-electron chi connectivity index (χ2n) is 5.90. The molecular formula is C18H22N4O2S. The molecule has 1 heterocycles. The largest absolute Gasteiger partial charge is 0.352 e. The van der Waals surface area contributed by atoms with Crippen LogP contribution in [0.25, 0.3) is 0 Å². The maximum atomic E-state index is 12.0. The van der Waals surface area contributed by atoms with E-state index in [1.807, 2.05) is 6.92 Å². The Bertz CT molecular complexity index is 751. The number of benzene rings is 1. The third-order valence-corrected chi connectivity index (χ3v) is 5.20. The van der Waals surface area contributed by atoms with Gasteiger partial charge in [-0.1, -0.05) is 6.07 Å². The third kappa shape index (κ3) is 4.57. The number of anilines is 1. The van der Waals surface area contributed by atoms with Gasteiger partial charge in [-0.2, -0.15) is 0 Å². The van der Waals surface area contributed by atoms with Gasteiger partial charge in [0.1, 0.15) is 0 Å². The highest BCUT2D eigenvalue weighted by atomic mass is 32.1. The maximum Gasteiger partial charge on any atom is 0.319 e. The Balaban J connectivity index is 1.47. The number of hydrogen-bond donors (Lipinski definition) is 3. The minimum Gasteiger partial charge on any atom is -0.352 e. The fourth-order valence-corrected chi connectivity index (χ4v) is 3.97. The first-order valence-electron chi connectivity index (χ1n) is 8.56. The molecule has 0 radical (unpaired) electrons. The van der Waals surface area contributed by atoms with Gasteiger partial charge in [-0.15, -0.1) is 11.3 Å². The highest BCUT2D eigenvalue weighted by Crippen LogP contribution is 2.27. The Morgan fingerprint density at radius 2 is 2.12 bits per heavy atom. The second kappa shape index (κ2) is 8.11.